The molecule has 2 heterocycles. The summed E-state index contributed by atoms with van der Waals surface area (Å²) >= 11 is 0. The molecule has 0 radical (unpaired) electrons. The Balaban J connectivity index is 1.20. The normalized spacial score (nSPS) is 22.9. The molecule has 188 valence electrons. The first-order chi connectivity index (χ1) is 16.9. The number of carbonyl (C=O) groups excluding carboxylic acids is 2. The Bertz CT molecular complexity index is 1240. The molecule has 0 bridgehead atoms. The summed E-state index contributed by atoms with van der Waals surface area (Å²) in [6.45, 7) is 2.86. The Kier molecular flexibility index (Phi) is 6.42. The molecule has 0 N–H and O–H groups in total. The Morgan fingerprint density at radius 3 is 1.94 bits per heavy atom. The molecule has 3 fully saturated rings. The topological polar surface area (TPSA) is 93.8 Å². The molecule has 0 unspecified atom stereocenters. The van der Waals surface area contributed by atoms with Gasteiger partial charge in [0.25, 0.3) is 5.56 Å². The second-order valence-corrected chi connectivity index (χ2v) is 10.3. The van der Waals surface area contributed by atoms with Crippen molar-refractivity contribution >= 4 is 22.7 Å². The molecular formula is C26H34N4O5. The van der Waals surface area contributed by atoms with E-state index in [-0.39, 0.29) is 40.8 Å². The SMILES string of the molecule is COc1ccc2c(c1)c(=O)n(C[C@H]1CC[C@H](C(=O)N3CCN(C(=O)C4CC4)CC3)CC1)c(=O)n2C. The number of hydrogen-bond acceptors (Lipinski definition) is 5. The van der Waals surface area contributed by atoms with Crippen molar-refractivity contribution in [3.8, 4) is 5.75 Å². The molecule has 9 heteroatoms. The minimum absolute atomic E-state index is 0.0163. The lowest BCUT2D eigenvalue weighted by Gasteiger charge is -2.38. The van der Waals surface area contributed by atoms with E-state index in [9.17, 15) is 19.2 Å². The van der Waals surface area contributed by atoms with E-state index in [1.54, 1.807) is 32.4 Å². The molecule has 2 aromatic rings. The standard InChI is InChI=1S/C26H34N4O5/c1-27-22-10-9-20(35-2)15-21(22)25(33)30(26(27)34)16-17-3-5-18(6-4-17)23(31)28-11-13-29(14-12-28)24(32)19-7-8-19/h9-10,15,17-19H,3-8,11-14,16H2,1-2H3/t17-,18-. The molecule has 1 saturated heterocycles. The van der Waals surface area contributed by atoms with E-state index in [1.807, 2.05) is 9.80 Å². The number of fused-ring (bicyclic) bond motifs is 1. The van der Waals surface area contributed by atoms with Crippen molar-refractivity contribution in [3.05, 3.63) is 39.0 Å². The molecule has 2 aliphatic carbocycles. The number of aryl methyl sites for hydroxylation is 1. The summed E-state index contributed by atoms with van der Waals surface area (Å²) in [5, 5.41) is 0.467. The quantitative estimate of drug-likeness (QED) is 0.645. The third kappa shape index (κ3) is 4.60. The molecule has 2 saturated carbocycles. The van der Waals surface area contributed by atoms with Crippen molar-refractivity contribution in [2.24, 2.45) is 24.8 Å². The molecule has 2 amide bonds. The Hall–Kier alpha value is -3.10. The monoisotopic (exact) mass is 482 g/mol. The third-order valence-corrected chi connectivity index (χ3v) is 8.02. The number of ether oxygens (including phenoxy) is 1. The zero-order valence-electron chi connectivity index (χ0n) is 20.6. The first-order valence-electron chi connectivity index (χ1n) is 12.7. The number of methoxy groups -OCH3 is 1. The molecule has 3 aliphatic rings. The van der Waals surface area contributed by atoms with E-state index in [2.05, 4.69) is 0 Å². The highest BCUT2D eigenvalue weighted by Crippen LogP contribution is 2.33. The predicted molar refractivity (Wildman–Crippen MR) is 131 cm³/mol. The van der Waals surface area contributed by atoms with Crippen LogP contribution in [0, 0.1) is 17.8 Å². The summed E-state index contributed by atoms with van der Waals surface area (Å²) in [5.74, 6) is 1.41. The molecular weight excluding hydrogens is 448 g/mol. The summed E-state index contributed by atoms with van der Waals surface area (Å²) in [4.78, 5) is 55.3. The fourth-order valence-electron chi connectivity index (χ4n) is 5.63. The fraction of sp³-hybridized carbons (Fsp3) is 0.615. The number of nitrogens with zero attached hydrogens (tertiary/aromatic N) is 4. The zero-order valence-corrected chi connectivity index (χ0v) is 20.6. The summed E-state index contributed by atoms with van der Waals surface area (Å²) in [6.07, 6.45) is 5.16. The highest BCUT2D eigenvalue weighted by molar-refractivity contribution is 5.82. The van der Waals surface area contributed by atoms with Crippen molar-refractivity contribution in [3.63, 3.8) is 0 Å². The zero-order chi connectivity index (χ0) is 24.7. The van der Waals surface area contributed by atoms with Gasteiger partial charge in [-0.05, 0) is 62.6 Å². The van der Waals surface area contributed by atoms with Gasteiger partial charge in [0.15, 0.2) is 0 Å². The maximum absolute atomic E-state index is 13.1. The van der Waals surface area contributed by atoms with Crippen LogP contribution in [0.2, 0.25) is 0 Å². The van der Waals surface area contributed by atoms with Crippen LogP contribution in [0.4, 0.5) is 0 Å². The molecule has 9 nitrogen and oxygen atoms in total. The van der Waals surface area contributed by atoms with Crippen LogP contribution >= 0.6 is 0 Å². The highest BCUT2D eigenvalue weighted by atomic mass is 16.5. The van der Waals surface area contributed by atoms with Crippen LogP contribution in [0.5, 0.6) is 5.75 Å². The average molecular weight is 483 g/mol. The third-order valence-electron chi connectivity index (χ3n) is 8.02. The van der Waals surface area contributed by atoms with Gasteiger partial charge < -0.3 is 14.5 Å². The maximum atomic E-state index is 13.1. The molecule has 1 aromatic carbocycles. The van der Waals surface area contributed by atoms with Crippen molar-refractivity contribution in [1.82, 2.24) is 18.9 Å². The van der Waals surface area contributed by atoms with E-state index >= 15 is 0 Å². The van der Waals surface area contributed by atoms with E-state index in [0.717, 1.165) is 38.5 Å². The van der Waals surface area contributed by atoms with Gasteiger partial charge in [0.2, 0.25) is 11.8 Å². The Morgan fingerprint density at radius 2 is 1.43 bits per heavy atom. The van der Waals surface area contributed by atoms with Crippen molar-refractivity contribution in [1.29, 1.82) is 0 Å². The van der Waals surface area contributed by atoms with E-state index in [0.29, 0.717) is 49.4 Å². The van der Waals surface area contributed by atoms with Gasteiger partial charge in [0.05, 0.1) is 18.0 Å². The van der Waals surface area contributed by atoms with Gasteiger partial charge in [-0.2, -0.15) is 0 Å². The summed E-state index contributed by atoms with van der Waals surface area (Å²) < 4.78 is 8.11. The molecule has 5 rings (SSSR count). The number of amides is 2. The summed E-state index contributed by atoms with van der Waals surface area (Å²) in [5.41, 5.74) is -0.0198. The van der Waals surface area contributed by atoms with Gasteiger partial charge in [0, 0.05) is 51.6 Å². The number of piperazine rings is 1. The van der Waals surface area contributed by atoms with E-state index < -0.39 is 0 Å². The summed E-state index contributed by atoms with van der Waals surface area (Å²) in [6, 6.07) is 5.16. The van der Waals surface area contributed by atoms with Crippen LogP contribution in [0.3, 0.4) is 0 Å². The molecule has 0 spiro atoms. The average Bonchev–Trinajstić information content (AvgIpc) is 3.75. The van der Waals surface area contributed by atoms with Gasteiger partial charge >= 0.3 is 5.69 Å². The molecule has 1 aromatic heterocycles. The number of rotatable bonds is 5. The van der Waals surface area contributed by atoms with Gasteiger partial charge in [-0.3, -0.25) is 23.5 Å². The van der Waals surface area contributed by atoms with Gasteiger partial charge in [-0.1, -0.05) is 0 Å². The molecule has 35 heavy (non-hydrogen) atoms. The highest BCUT2D eigenvalue weighted by Gasteiger charge is 2.36. The van der Waals surface area contributed by atoms with E-state index in [1.165, 1.54) is 9.13 Å². The van der Waals surface area contributed by atoms with Crippen molar-refractivity contribution < 1.29 is 14.3 Å². The van der Waals surface area contributed by atoms with Crippen LogP contribution in [0.25, 0.3) is 10.9 Å². The minimum atomic E-state index is -0.315. The number of benzene rings is 1. The Labute approximate surface area is 204 Å². The van der Waals surface area contributed by atoms with Crippen LogP contribution in [0.1, 0.15) is 38.5 Å². The van der Waals surface area contributed by atoms with Gasteiger partial charge in [0.1, 0.15) is 5.75 Å². The smallest absolute Gasteiger partial charge is 0.331 e. The second-order valence-electron chi connectivity index (χ2n) is 10.3. The van der Waals surface area contributed by atoms with Crippen LogP contribution < -0.4 is 16.0 Å². The molecule has 0 atom stereocenters. The lowest BCUT2D eigenvalue weighted by Crippen LogP contribution is -2.52. The first kappa shape index (κ1) is 23.6. The first-order valence-corrected chi connectivity index (χ1v) is 12.7. The Morgan fingerprint density at radius 1 is 0.886 bits per heavy atom. The van der Waals surface area contributed by atoms with Gasteiger partial charge in [-0.15, -0.1) is 0 Å². The second kappa shape index (κ2) is 9.51. The fourth-order valence-corrected chi connectivity index (χ4v) is 5.63. The van der Waals surface area contributed by atoms with Crippen LogP contribution in [-0.4, -0.2) is 64.0 Å². The van der Waals surface area contributed by atoms with Gasteiger partial charge in [-0.25, -0.2) is 4.79 Å². The largest absolute Gasteiger partial charge is 0.497 e. The predicted octanol–water partition coefficient (Wildman–Crippen LogP) is 1.60. The number of aromatic nitrogens is 2. The molecule has 1 aliphatic heterocycles. The van der Waals surface area contributed by atoms with Crippen LogP contribution in [-0.2, 0) is 23.2 Å². The van der Waals surface area contributed by atoms with Crippen molar-refractivity contribution in [2.75, 3.05) is 33.3 Å². The van der Waals surface area contributed by atoms with Crippen LogP contribution in [0.15, 0.2) is 27.8 Å². The maximum Gasteiger partial charge on any atom is 0.331 e. The minimum Gasteiger partial charge on any atom is -0.497 e. The van der Waals surface area contributed by atoms with E-state index in [4.69, 9.17) is 4.74 Å². The number of hydrogen-bond donors (Lipinski definition) is 0. The summed E-state index contributed by atoms with van der Waals surface area (Å²) in [7, 11) is 3.23. The lowest BCUT2D eigenvalue weighted by atomic mass is 9.81. The lowest BCUT2D eigenvalue weighted by molar-refractivity contribution is -0.143. The van der Waals surface area contributed by atoms with Crippen molar-refractivity contribution in [2.45, 2.75) is 45.1 Å². The number of carbonyl (C=O) groups is 2.